The van der Waals surface area contributed by atoms with Crippen molar-refractivity contribution in [1.29, 1.82) is 0 Å². The van der Waals surface area contributed by atoms with E-state index in [4.69, 9.17) is 21.1 Å². The molecule has 0 aliphatic carbocycles. The normalized spacial score (nSPS) is 15.7. The maximum atomic E-state index is 14.0. The van der Waals surface area contributed by atoms with Crippen molar-refractivity contribution in [2.75, 3.05) is 31.0 Å². The number of rotatable bonds is 7. The number of aliphatic imine (C=N–C) groups is 1. The number of nitrogens with zero attached hydrogens (tertiary/aromatic N) is 2. The number of hydrogen-bond acceptors (Lipinski definition) is 4. The number of methoxy groups -OCH3 is 1. The van der Waals surface area contributed by atoms with E-state index in [1.807, 2.05) is 75.1 Å². The van der Waals surface area contributed by atoms with Crippen LogP contribution in [-0.4, -0.2) is 48.3 Å². The molecule has 3 aromatic carbocycles. The lowest BCUT2D eigenvalue weighted by Crippen LogP contribution is -2.30. The highest BCUT2D eigenvalue weighted by Crippen LogP contribution is 2.47. The number of aromatic amines is 1. The summed E-state index contributed by atoms with van der Waals surface area (Å²) < 4.78 is 11.9. The van der Waals surface area contributed by atoms with Gasteiger partial charge in [-0.3, -0.25) is 9.79 Å². The molecule has 1 aromatic heterocycles. The minimum absolute atomic E-state index is 0.0164. The van der Waals surface area contributed by atoms with Gasteiger partial charge in [-0.05, 0) is 87.0 Å². The summed E-state index contributed by atoms with van der Waals surface area (Å²) in [6, 6.07) is 16.0. The van der Waals surface area contributed by atoms with E-state index in [0.717, 1.165) is 68.7 Å². The molecule has 7 heteroatoms. The van der Waals surface area contributed by atoms with Crippen LogP contribution in [0.15, 0.2) is 53.5 Å². The van der Waals surface area contributed by atoms with Crippen molar-refractivity contribution >= 4 is 50.6 Å². The highest BCUT2D eigenvalue weighted by atomic mass is 35.5. The van der Waals surface area contributed by atoms with Crippen molar-refractivity contribution in [2.24, 2.45) is 4.99 Å². The van der Waals surface area contributed by atoms with E-state index in [-0.39, 0.29) is 11.8 Å². The second-order valence-electron chi connectivity index (χ2n) is 11.2. The molecule has 0 fully saturated rings. The molecule has 0 spiro atoms. The fourth-order valence-corrected chi connectivity index (χ4v) is 5.54. The predicted molar refractivity (Wildman–Crippen MR) is 162 cm³/mol. The third-order valence-corrected chi connectivity index (χ3v) is 7.49. The zero-order valence-corrected chi connectivity index (χ0v) is 24.3. The number of alkyl halides is 1. The molecule has 204 valence electrons. The average molecular weight is 546 g/mol. The van der Waals surface area contributed by atoms with Crippen molar-refractivity contribution in [3.05, 3.63) is 65.4 Å². The van der Waals surface area contributed by atoms with Crippen LogP contribution in [0.1, 0.15) is 68.6 Å². The Bertz CT molecular complexity index is 1580. The lowest BCUT2D eigenvalue weighted by atomic mass is 9.95. The van der Waals surface area contributed by atoms with Gasteiger partial charge < -0.3 is 19.4 Å². The van der Waals surface area contributed by atoms with Gasteiger partial charge in [-0.15, -0.1) is 11.6 Å². The summed E-state index contributed by atoms with van der Waals surface area (Å²) in [7, 11) is 1.66. The Hall–Kier alpha value is -3.51. The number of carbonyl (C=O) groups excluding carboxylic acids is 1. The molecule has 0 unspecified atom stereocenters. The summed E-state index contributed by atoms with van der Waals surface area (Å²) in [6.07, 6.45) is 1.01. The Morgan fingerprint density at radius 1 is 1.13 bits per heavy atom. The number of aromatic nitrogens is 1. The Kier molecular flexibility index (Phi) is 7.34. The van der Waals surface area contributed by atoms with Crippen LogP contribution in [0.3, 0.4) is 0 Å². The van der Waals surface area contributed by atoms with Gasteiger partial charge in [0.15, 0.2) is 0 Å². The van der Waals surface area contributed by atoms with Crippen LogP contribution in [0.2, 0.25) is 0 Å². The molecule has 0 saturated heterocycles. The largest absolute Gasteiger partial charge is 0.497 e. The monoisotopic (exact) mass is 545 g/mol. The molecule has 0 radical (unpaired) electrons. The molecule has 1 aliphatic heterocycles. The van der Waals surface area contributed by atoms with E-state index >= 15 is 0 Å². The summed E-state index contributed by atoms with van der Waals surface area (Å²) in [5.74, 6) is 1.77. The topological polar surface area (TPSA) is 66.9 Å². The van der Waals surface area contributed by atoms with Gasteiger partial charge in [-0.1, -0.05) is 13.0 Å². The summed E-state index contributed by atoms with van der Waals surface area (Å²) in [4.78, 5) is 23.8. The summed E-state index contributed by atoms with van der Waals surface area (Å²) >= 11 is 6.50. The van der Waals surface area contributed by atoms with E-state index in [1.165, 1.54) is 0 Å². The fraction of sp³-hybridized carbons (Fsp3) is 0.375. The minimum atomic E-state index is -0.409. The van der Waals surface area contributed by atoms with Crippen molar-refractivity contribution in [2.45, 2.75) is 52.6 Å². The maximum absolute atomic E-state index is 14.0. The van der Waals surface area contributed by atoms with Crippen molar-refractivity contribution < 1.29 is 14.3 Å². The maximum Gasteiger partial charge on any atom is 0.274 e. The SMILES string of the molecule is CCCN=C(C)c1ccc2[nH]c(C(=O)N3C[C@@H](CCl)c4c3cc(OC(C)(C)C)c3ccc(OC)cc43)cc2c1. The second-order valence-corrected chi connectivity index (χ2v) is 11.5. The standard InChI is InChI=1S/C32H36ClN3O3/c1-7-12-34-19(2)20-8-11-26-21(13-20)14-27(35-26)31(37)36-18-22(17-33)30-25-15-23(38-6)9-10-24(25)29(16-28(30)36)39-32(3,4)5/h8-11,13-16,22,35H,7,12,17-18H2,1-6H3/t22-/m1/s1. The van der Waals surface area contributed by atoms with Crippen molar-refractivity contribution in [1.82, 2.24) is 4.98 Å². The van der Waals surface area contributed by atoms with Crippen LogP contribution < -0.4 is 14.4 Å². The number of H-pyrrole nitrogens is 1. The first-order chi connectivity index (χ1) is 18.6. The summed E-state index contributed by atoms with van der Waals surface area (Å²) in [5, 5.41) is 2.96. The van der Waals surface area contributed by atoms with E-state index in [0.29, 0.717) is 18.1 Å². The average Bonchev–Trinajstić information content (AvgIpc) is 3.51. The third kappa shape index (κ3) is 5.22. The molecule has 4 aromatic rings. The molecule has 0 saturated carbocycles. The number of hydrogen-bond donors (Lipinski definition) is 1. The summed E-state index contributed by atoms with van der Waals surface area (Å²) in [5.41, 5.74) is 4.98. The number of ether oxygens (including phenoxy) is 2. The van der Waals surface area contributed by atoms with Gasteiger partial charge in [0, 0.05) is 53.0 Å². The zero-order chi connectivity index (χ0) is 27.9. The van der Waals surface area contributed by atoms with Crippen LogP contribution in [0.5, 0.6) is 11.5 Å². The van der Waals surface area contributed by atoms with Crippen molar-refractivity contribution in [3.8, 4) is 11.5 Å². The lowest BCUT2D eigenvalue weighted by molar-refractivity contribution is 0.0984. The molecule has 39 heavy (non-hydrogen) atoms. The number of benzene rings is 3. The van der Waals surface area contributed by atoms with E-state index in [9.17, 15) is 4.79 Å². The van der Waals surface area contributed by atoms with Crippen molar-refractivity contribution in [3.63, 3.8) is 0 Å². The van der Waals surface area contributed by atoms with Crippen LogP contribution in [-0.2, 0) is 0 Å². The molecule has 5 rings (SSSR count). The van der Waals surface area contributed by atoms with Gasteiger partial charge >= 0.3 is 0 Å². The first-order valence-electron chi connectivity index (χ1n) is 13.5. The molecular formula is C32H36ClN3O3. The predicted octanol–water partition coefficient (Wildman–Crippen LogP) is 7.71. The van der Waals surface area contributed by atoms with E-state index < -0.39 is 5.60 Å². The van der Waals surface area contributed by atoms with Gasteiger partial charge in [0.05, 0.1) is 12.8 Å². The second kappa shape index (κ2) is 10.6. The minimum Gasteiger partial charge on any atom is -0.497 e. The van der Waals surface area contributed by atoms with E-state index in [2.05, 4.69) is 23.0 Å². The van der Waals surface area contributed by atoms with Gasteiger partial charge in [0.1, 0.15) is 22.8 Å². The Morgan fingerprint density at radius 3 is 2.62 bits per heavy atom. The Labute approximate surface area is 235 Å². The molecule has 1 aliphatic rings. The molecule has 1 atom stereocenters. The van der Waals surface area contributed by atoms with Crippen LogP contribution in [0.25, 0.3) is 21.7 Å². The molecule has 1 amide bonds. The number of halogens is 1. The number of fused-ring (bicyclic) bond motifs is 4. The summed E-state index contributed by atoms with van der Waals surface area (Å²) in [6.45, 7) is 11.5. The first-order valence-corrected chi connectivity index (χ1v) is 14.0. The quantitative estimate of drug-likeness (QED) is 0.191. The van der Waals surface area contributed by atoms with Crippen LogP contribution in [0.4, 0.5) is 5.69 Å². The fourth-order valence-electron chi connectivity index (χ4n) is 5.29. The van der Waals surface area contributed by atoms with Gasteiger partial charge in [0.2, 0.25) is 0 Å². The Balaban J connectivity index is 1.60. The number of nitrogens with one attached hydrogen (secondary N) is 1. The van der Waals surface area contributed by atoms with Crippen LogP contribution >= 0.6 is 11.6 Å². The van der Waals surface area contributed by atoms with Gasteiger partial charge in [-0.25, -0.2) is 0 Å². The highest BCUT2D eigenvalue weighted by Gasteiger charge is 2.36. The zero-order valence-electron chi connectivity index (χ0n) is 23.5. The number of carbonyl (C=O) groups is 1. The lowest BCUT2D eigenvalue weighted by Gasteiger charge is -2.25. The van der Waals surface area contributed by atoms with E-state index in [1.54, 1.807) is 7.11 Å². The molecule has 2 heterocycles. The van der Waals surface area contributed by atoms with Gasteiger partial charge in [-0.2, -0.15) is 0 Å². The van der Waals surface area contributed by atoms with Gasteiger partial charge in [0.25, 0.3) is 5.91 Å². The number of anilines is 1. The first kappa shape index (κ1) is 27.1. The molecular weight excluding hydrogens is 510 g/mol. The molecule has 6 nitrogen and oxygen atoms in total. The van der Waals surface area contributed by atoms with Crippen LogP contribution in [0, 0.1) is 0 Å². The Morgan fingerprint density at radius 2 is 1.92 bits per heavy atom. The molecule has 0 bridgehead atoms. The highest BCUT2D eigenvalue weighted by molar-refractivity contribution is 6.19. The number of amides is 1. The third-order valence-electron chi connectivity index (χ3n) is 7.12. The molecule has 1 N–H and O–H groups in total. The smallest absolute Gasteiger partial charge is 0.274 e.